The first-order valence-electron chi connectivity index (χ1n) is 7.08. The van der Waals surface area contributed by atoms with Crippen molar-refractivity contribution in [3.05, 3.63) is 23.8 Å². The van der Waals surface area contributed by atoms with Crippen LogP contribution in [0, 0.1) is 0 Å². The van der Waals surface area contributed by atoms with Crippen molar-refractivity contribution in [1.29, 1.82) is 0 Å². The number of carbonyl (C=O) groups is 1. The first-order chi connectivity index (χ1) is 10.5. The highest BCUT2D eigenvalue weighted by atomic mass is 31.2. The number of hydrogen-bond donors (Lipinski definition) is 2. The van der Waals surface area contributed by atoms with Crippen LogP contribution in [-0.4, -0.2) is 51.2 Å². The van der Waals surface area contributed by atoms with E-state index in [-0.39, 0.29) is 25.4 Å². The average Bonchev–Trinajstić information content (AvgIpc) is 2.35. The molecule has 0 saturated heterocycles. The second-order valence-electron chi connectivity index (χ2n) is 6.19. The number of nitrogen functional groups attached to an aromatic ring is 2. The van der Waals surface area contributed by atoms with Gasteiger partial charge in [-0.3, -0.25) is 9.36 Å². The Morgan fingerprint density at radius 1 is 1.13 bits per heavy atom. The molecule has 130 valence electrons. The maximum Gasteiger partial charge on any atom is 0.268 e. The predicted molar refractivity (Wildman–Crippen MR) is 86.6 cm³/mol. The quantitative estimate of drug-likeness (QED) is 0.291. The molecule has 1 aromatic rings. The molecule has 8 nitrogen and oxygen atoms in total. The van der Waals surface area contributed by atoms with Gasteiger partial charge in [0, 0.05) is 23.4 Å². The SMILES string of the molecule is C[N+](C)(C)CCOP(=O)([O-])OCCC(=O)c1cc(N)cc(N)c1. The third-order valence-electron chi connectivity index (χ3n) is 2.89. The monoisotopic (exact) mass is 345 g/mol. The van der Waals surface area contributed by atoms with E-state index in [0.717, 1.165) is 0 Å². The fraction of sp³-hybridized carbons (Fsp3) is 0.500. The van der Waals surface area contributed by atoms with Crippen molar-refractivity contribution in [1.82, 2.24) is 0 Å². The van der Waals surface area contributed by atoms with Crippen LogP contribution in [-0.2, 0) is 13.6 Å². The smallest absolute Gasteiger partial charge is 0.268 e. The van der Waals surface area contributed by atoms with Crippen LogP contribution < -0.4 is 16.4 Å². The van der Waals surface area contributed by atoms with Crippen molar-refractivity contribution in [2.45, 2.75) is 6.42 Å². The summed E-state index contributed by atoms with van der Waals surface area (Å²) in [5, 5.41) is 0. The van der Waals surface area contributed by atoms with Gasteiger partial charge in [0.15, 0.2) is 5.78 Å². The molecule has 0 amide bonds. The van der Waals surface area contributed by atoms with Gasteiger partial charge in [-0.15, -0.1) is 0 Å². The highest BCUT2D eigenvalue weighted by molar-refractivity contribution is 7.45. The Labute approximate surface area is 136 Å². The molecular weight excluding hydrogens is 321 g/mol. The van der Waals surface area contributed by atoms with Crippen LogP contribution in [0.2, 0.25) is 0 Å². The van der Waals surface area contributed by atoms with E-state index in [9.17, 15) is 14.3 Å². The zero-order valence-corrected chi connectivity index (χ0v) is 14.5. The minimum atomic E-state index is -4.41. The zero-order chi connectivity index (χ0) is 17.7. The van der Waals surface area contributed by atoms with Crippen LogP contribution in [0.3, 0.4) is 0 Å². The summed E-state index contributed by atoms with van der Waals surface area (Å²) in [5.41, 5.74) is 12.3. The standard InChI is InChI=1S/C14H24N3O5P/c1-17(2,3)5-7-22-23(19,20)21-6-4-14(18)11-8-12(15)10-13(16)9-11/h8-10H,4-7,15-16H2,1-3H3. The molecule has 1 rings (SSSR count). The molecule has 4 N–H and O–H groups in total. The number of quaternary nitrogens is 1. The Morgan fingerprint density at radius 2 is 1.65 bits per heavy atom. The van der Waals surface area contributed by atoms with Crippen LogP contribution in [0.5, 0.6) is 0 Å². The molecule has 0 aliphatic heterocycles. The lowest BCUT2D eigenvalue weighted by Gasteiger charge is -2.27. The van der Waals surface area contributed by atoms with Crippen LogP contribution in [0.15, 0.2) is 18.2 Å². The molecule has 0 radical (unpaired) electrons. The molecule has 0 bridgehead atoms. The Morgan fingerprint density at radius 3 is 2.17 bits per heavy atom. The van der Waals surface area contributed by atoms with E-state index in [1.54, 1.807) is 0 Å². The molecule has 0 aliphatic carbocycles. The third kappa shape index (κ3) is 8.11. The number of Topliss-reactive ketones (excluding diaryl/α,β-unsaturated/α-hetero) is 1. The van der Waals surface area contributed by atoms with E-state index >= 15 is 0 Å². The molecular formula is C14H24N3O5P. The van der Waals surface area contributed by atoms with Gasteiger partial charge in [0.1, 0.15) is 13.2 Å². The summed E-state index contributed by atoms with van der Waals surface area (Å²) in [4.78, 5) is 23.5. The number of nitrogens with zero attached hydrogens (tertiary/aromatic N) is 1. The number of ketones is 1. The van der Waals surface area contributed by atoms with E-state index in [2.05, 4.69) is 4.52 Å². The molecule has 0 saturated carbocycles. The molecule has 0 aromatic heterocycles. The summed E-state index contributed by atoms with van der Waals surface area (Å²) in [7, 11) is 1.33. The van der Waals surface area contributed by atoms with Crippen molar-refractivity contribution < 1.29 is 27.8 Å². The first kappa shape index (κ1) is 19.6. The average molecular weight is 345 g/mol. The Kier molecular flexibility index (Phi) is 6.73. The molecule has 1 unspecified atom stereocenters. The number of phosphoric ester groups is 1. The lowest BCUT2D eigenvalue weighted by molar-refractivity contribution is -0.870. The number of carbonyl (C=O) groups excluding carboxylic acids is 1. The van der Waals surface area contributed by atoms with E-state index in [0.29, 0.717) is 28.0 Å². The topological polar surface area (TPSA) is 128 Å². The largest absolute Gasteiger partial charge is 0.756 e. The van der Waals surface area contributed by atoms with Crippen LogP contribution in [0.25, 0.3) is 0 Å². The number of phosphoric acid groups is 1. The third-order valence-corrected chi connectivity index (χ3v) is 3.89. The highest BCUT2D eigenvalue weighted by Gasteiger charge is 2.15. The van der Waals surface area contributed by atoms with Gasteiger partial charge >= 0.3 is 0 Å². The number of likely N-dealkylation sites (N-methyl/N-ethyl adjacent to an activating group) is 1. The van der Waals surface area contributed by atoms with E-state index in [1.165, 1.54) is 18.2 Å². The molecule has 9 heteroatoms. The number of hydrogen-bond acceptors (Lipinski definition) is 7. The van der Waals surface area contributed by atoms with Gasteiger partial charge in [0.05, 0.1) is 27.7 Å². The van der Waals surface area contributed by atoms with E-state index < -0.39 is 7.82 Å². The van der Waals surface area contributed by atoms with Crippen molar-refractivity contribution in [2.24, 2.45) is 0 Å². The summed E-state index contributed by atoms with van der Waals surface area (Å²) < 4.78 is 21.6. The van der Waals surface area contributed by atoms with Gasteiger partial charge in [-0.2, -0.15) is 0 Å². The maximum atomic E-state index is 12.0. The van der Waals surface area contributed by atoms with Crippen LogP contribution in [0.1, 0.15) is 16.8 Å². The summed E-state index contributed by atoms with van der Waals surface area (Å²) in [6, 6.07) is 4.49. The lowest BCUT2D eigenvalue weighted by Crippen LogP contribution is -2.37. The molecule has 1 aromatic carbocycles. The number of nitrogens with two attached hydrogens (primary N) is 2. The van der Waals surface area contributed by atoms with Gasteiger partial charge in [-0.25, -0.2) is 0 Å². The van der Waals surface area contributed by atoms with Crippen molar-refractivity contribution >= 4 is 25.0 Å². The van der Waals surface area contributed by atoms with Crippen molar-refractivity contribution in [2.75, 3.05) is 52.4 Å². The number of anilines is 2. The van der Waals surface area contributed by atoms with Crippen LogP contribution in [0.4, 0.5) is 11.4 Å². The van der Waals surface area contributed by atoms with Gasteiger partial charge in [-0.1, -0.05) is 0 Å². The van der Waals surface area contributed by atoms with Crippen molar-refractivity contribution in [3.8, 4) is 0 Å². The second kappa shape index (κ2) is 7.90. The van der Waals surface area contributed by atoms with Crippen LogP contribution >= 0.6 is 7.82 Å². The lowest BCUT2D eigenvalue weighted by atomic mass is 10.1. The summed E-state index contributed by atoms with van der Waals surface area (Å²) >= 11 is 0. The van der Waals surface area contributed by atoms with Gasteiger partial charge < -0.3 is 29.9 Å². The zero-order valence-electron chi connectivity index (χ0n) is 13.7. The molecule has 0 heterocycles. The Balaban J connectivity index is 2.43. The summed E-state index contributed by atoms with van der Waals surface area (Å²) in [6.45, 7) is 0.236. The van der Waals surface area contributed by atoms with Gasteiger partial charge in [-0.05, 0) is 18.2 Å². The number of benzene rings is 1. The fourth-order valence-corrected chi connectivity index (χ4v) is 2.39. The minimum absolute atomic E-state index is 0.0178. The Bertz CT molecular complexity index is 580. The summed E-state index contributed by atoms with van der Waals surface area (Å²) in [6.07, 6.45) is -0.117. The predicted octanol–water partition coefficient (Wildman–Crippen LogP) is 0.632. The van der Waals surface area contributed by atoms with E-state index in [1.807, 2.05) is 21.1 Å². The maximum absolute atomic E-state index is 12.0. The molecule has 1 atom stereocenters. The second-order valence-corrected chi connectivity index (χ2v) is 7.60. The van der Waals surface area contributed by atoms with Gasteiger partial charge in [0.25, 0.3) is 7.82 Å². The Hall–Kier alpha value is -1.44. The van der Waals surface area contributed by atoms with E-state index in [4.69, 9.17) is 16.0 Å². The minimum Gasteiger partial charge on any atom is -0.756 e. The van der Waals surface area contributed by atoms with Crippen molar-refractivity contribution in [3.63, 3.8) is 0 Å². The highest BCUT2D eigenvalue weighted by Crippen LogP contribution is 2.38. The molecule has 0 fully saturated rings. The first-order valence-corrected chi connectivity index (χ1v) is 8.54. The molecule has 0 spiro atoms. The van der Waals surface area contributed by atoms with Gasteiger partial charge in [0.2, 0.25) is 0 Å². The number of rotatable bonds is 9. The normalized spacial score (nSPS) is 14.4. The molecule has 23 heavy (non-hydrogen) atoms. The summed E-state index contributed by atoms with van der Waals surface area (Å²) in [5.74, 6) is -0.310. The molecule has 0 aliphatic rings. The fourth-order valence-electron chi connectivity index (χ4n) is 1.70.